The number of imide groups is 1. The number of rotatable bonds is 3. The summed E-state index contributed by atoms with van der Waals surface area (Å²) in [7, 11) is 0. The van der Waals surface area contributed by atoms with Gasteiger partial charge in [-0.1, -0.05) is 31.2 Å². The van der Waals surface area contributed by atoms with Crippen LogP contribution in [0.3, 0.4) is 0 Å². The summed E-state index contributed by atoms with van der Waals surface area (Å²) in [5.41, 5.74) is 4.05. The van der Waals surface area contributed by atoms with Gasteiger partial charge in [0.15, 0.2) is 0 Å². The van der Waals surface area contributed by atoms with Crippen molar-refractivity contribution in [3.63, 3.8) is 0 Å². The van der Waals surface area contributed by atoms with E-state index in [4.69, 9.17) is 4.74 Å². The molecule has 2 aromatic rings. The molecule has 176 valence electrons. The van der Waals surface area contributed by atoms with Crippen LogP contribution in [0.2, 0.25) is 0 Å². The summed E-state index contributed by atoms with van der Waals surface area (Å²) in [5, 5.41) is 3.02. The second-order valence-electron chi connectivity index (χ2n) is 9.03. The summed E-state index contributed by atoms with van der Waals surface area (Å²) in [4.78, 5) is 29.2. The molecule has 0 saturated carbocycles. The van der Waals surface area contributed by atoms with Crippen molar-refractivity contribution in [3.05, 3.63) is 64.7 Å². The molecule has 2 aliphatic rings. The van der Waals surface area contributed by atoms with Crippen molar-refractivity contribution in [1.29, 1.82) is 0 Å². The Morgan fingerprint density at radius 3 is 2.79 bits per heavy atom. The number of ether oxygens (including phenoxy) is 1. The number of amides is 2. The summed E-state index contributed by atoms with van der Waals surface area (Å²) in [6.07, 6.45) is 5.16. The van der Waals surface area contributed by atoms with Crippen molar-refractivity contribution < 1.29 is 14.3 Å². The Bertz CT molecular complexity index is 975. The lowest BCUT2D eigenvalue weighted by Gasteiger charge is -2.26. The number of piperazine rings is 1. The molecule has 2 heterocycles. The first-order valence-corrected chi connectivity index (χ1v) is 12.3. The van der Waals surface area contributed by atoms with E-state index in [2.05, 4.69) is 41.4 Å². The number of hydrogen-bond donors (Lipinski definition) is 1. The van der Waals surface area contributed by atoms with Crippen LogP contribution in [0, 0.1) is 0 Å². The SMILES string of the molecule is CCCN1CCCCCOc2ccc(C(=O)N3CCNCC3=O)cc2Cc2cccc(c2)C1. The van der Waals surface area contributed by atoms with Gasteiger partial charge in [-0.2, -0.15) is 0 Å². The van der Waals surface area contributed by atoms with Crippen LogP contribution < -0.4 is 10.1 Å². The predicted molar refractivity (Wildman–Crippen MR) is 130 cm³/mol. The highest BCUT2D eigenvalue weighted by Crippen LogP contribution is 2.26. The van der Waals surface area contributed by atoms with Crippen molar-refractivity contribution in [2.24, 2.45) is 0 Å². The zero-order chi connectivity index (χ0) is 23.0. The van der Waals surface area contributed by atoms with Crippen LogP contribution in [-0.2, 0) is 17.8 Å². The van der Waals surface area contributed by atoms with Gasteiger partial charge in [-0.25, -0.2) is 0 Å². The van der Waals surface area contributed by atoms with E-state index in [9.17, 15) is 9.59 Å². The van der Waals surface area contributed by atoms with Gasteiger partial charge in [0.1, 0.15) is 5.75 Å². The lowest BCUT2D eigenvalue weighted by molar-refractivity contribution is -0.129. The van der Waals surface area contributed by atoms with E-state index in [1.807, 2.05) is 12.1 Å². The Balaban J connectivity index is 1.61. The van der Waals surface area contributed by atoms with E-state index in [1.54, 1.807) is 6.07 Å². The summed E-state index contributed by atoms with van der Waals surface area (Å²) in [6.45, 7) is 7.35. The van der Waals surface area contributed by atoms with Crippen molar-refractivity contribution in [3.8, 4) is 5.75 Å². The van der Waals surface area contributed by atoms with Crippen LogP contribution in [0.5, 0.6) is 5.75 Å². The van der Waals surface area contributed by atoms with Crippen molar-refractivity contribution >= 4 is 11.8 Å². The largest absolute Gasteiger partial charge is 0.493 e. The van der Waals surface area contributed by atoms with Crippen LogP contribution >= 0.6 is 0 Å². The molecule has 1 N–H and O–H groups in total. The number of carbonyl (C=O) groups is 2. The Hall–Kier alpha value is -2.70. The Morgan fingerprint density at radius 2 is 1.94 bits per heavy atom. The Labute approximate surface area is 196 Å². The molecule has 1 fully saturated rings. The maximum Gasteiger partial charge on any atom is 0.260 e. The molecule has 2 aromatic carbocycles. The van der Waals surface area contributed by atoms with Crippen LogP contribution in [-0.4, -0.2) is 60.9 Å². The number of nitrogens with zero attached hydrogens (tertiary/aromatic N) is 2. The van der Waals surface area contributed by atoms with E-state index < -0.39 is 0 Å². The lowest BCUT2D eigenvalue weighted by Crippen LogP contribution is -2.50. The van der Waals surface area contributed by atoms with E-state index >= 15 is 0 Å². The van der Waals surface area contributed by atoms with E-state index in [-0.39, 0.29) is 18.4 Å². The first-order chi connectivity index (χ1) is 16.1. The third-order valence-corrected chi connectivity index (χ3v) is 6.35. The topological polar surface area (TPSA) is 61.9 Å². The maximum absolute atomic E-state index is 13.1. The standard InChI is InChI=1S/C27H35N3O3/c1-2-12-29-13-4-3-5-15-33-25-10-9-23(27(32)30-14-11-28-19-26(30)31)18-24(25)17-21-7-6-8-22(16-21)20-29/h6-10,16,18,28H,2-5,11-15,17,19-20H2,1H3. The predicted octanol–water partition coefficient (Wildman–Crippen LogP) is 3.62. The van der Waals surface area contributed by atoms with Crippen LogP contribution in [0.1, 0.15) is 59.7 Å². The zero-order valence-electron chi connectivity index (χ0n) is 19.6. The number of fused-ring (bicyclic) bond motifs is 3. The second-order valence-corrected chi connectivity index (χ2v) is 9.03. The first-order valence-electron chi connectivity index (χ1n) is 12.3. The van der Waals surface area contributed by atoms with Gasteiger partial charge in [0, 0.05) is 31.6 Å². The fourth-order valence-corrected chi connectivity index (χ4v) is 4.67. The molecule has 1 saturated heterocycles. The molecule has 0 spiro atoms. The van der Waals surface area contributed by atoms with Gasteiger partial charge in [-0.3, -0.25) is 19.4 Å². The minimum absolute atomic E-state index is 0.174. The first kappa shape index (κ1) is 23.5. The minimum Gasteiger partial charge on any atom is -0.493 e. The van der Waals surface area contributed by atoms with E-state index in [1.165, 1.54) is 22.4 Å². The van der Waals surface area contributed by atoms with Crippen molar-refractivity contribution in [2.45, 2.75) is 45.6 Å². The molecule has 0 unspecified atom stereocenters. The summed E-state index contributed by atoms with van der Waals surface area (Å²) in [5.74, 6) is 0.424. The molecule has 0 radical (unpaired) electrons. The number of benzene rings is 2. The smallest absolute Gasteiger partial charge is 0.260 e. The highest BCUT2D eigenvalue weighted by Gasteiger charge is 2.26. The van der Waals surface area contributed by atoms with E-state index in [0.717, 1.165) is 50.2 Å². The molecular formula is C27H35N3O3. The Kier molecular flexibility index (Phi) is 8.13. The summed E-state index contributed by atoms with van der Waals surface area (Å²) >= 11 is 0. The molecule has 0 aliphatic carbocycles. The van der Waals surface area contributed by atoms with E-state index in [0.29, 0.717) is 31.7 Å². The van der Waals surface area contributed by atoms with Gasteiger partial charge in [0.25, 0.3) is 5.91 Å². The quantitative estimate of drug-likeness (QED) is 0.725. The summed E-state index contributed by atoms with van der Waals surface area (Å²) in [6, 6.07) is 14.3. The highest BCUT2D eigenvalue weighted by molar-refractivity contribution is 6.05. The van der Waals surface area contributed by atoms with Crippen molar-refractivity contribution in [2.75, 3.05) is 39.3 Å². The molecule has 2 bridgehead atoms. The zero-order valence-corrected chi connectivity index (χ0v) is 19.6. The third kappa shape index (κ3) is 6.21. The minimum atomic E-state index is -0.229. The average Bonchev–Trinajstić information content (AvgIpc) is 2.82. The van der Waals surface area contributed by atoms with Gasteiger partial charge in [0.05, 0.1) is 13.2 Å². The van der Waals surface area contributed by atoms with Gasteiger partial charge < -0.3 is 10.1 Å². The fourth-order valence-electron chi connectivity index (χ4n) is 4.67. The lowest BCUT2D eigenvalue weighted by atomic mass is 9.99. The highest BCUT2D eigenvalue weighted by atomic mass is 16.5. The van der Waals surface area contributed by atoms with Crippen LogP contribution in [0.4, 0.5) is 0 Å². The van der Waals surface area contributed by atoms with Gasteiger partial charge >= 0.3 is 0 Å². The average molecular weight is 450 g/mol. The molecule has 6 nitrogen and oxygen atoms in total. The summed E-state index contributed by atoms with van der Waals surface area (Å²) < 4.78 is 6.16. The molecule has 2 amide bonds. The third-order valence-electron chi connectivity index (χ3n) is 6.35. The van der Waals surface area contributed by atoms with Crippen molar-refractivity contribution in [1.82, 2.24) is 15.1 Å². The molecule has 0 aromatic heterocycles. The van der Waals surface area contributed by atoms with Gasteiger partial charge in [-0.05, 0) is 73.7 Å². The van der Waals surface area contributed by atoms with Gasteiger partial charge in [0.2, 0.25) is 5.91 Å². The normalized spacial score (nSPS) is 18.2. The monoisotopic (exact) mass is 449 g/mol. The molecular weight excluding hydrogens is 414 g/mol. The maximum atomic E-state index is 13.1. The number of carbonyl (C=O) groups excluding carboxylic acids is 2. The Morgan fingerprint density at radius 1 is 1.06 bits per heavy atom. The van der Waals surface area contributed by atoms with Crippen LogP contribution in [0.25, 0.3) is 0 Å². The second kappa shape index (κ2) is 11.4. The molecule has 33 heavy (non-hydrogen) atoms. The molecule has 2 aliphatic heterocycles. The number of nitrogens with one attached hydrogen (secondary N) is 1. The number of hydrogen-bond acceptors (Lipinski definition) is 5. The fraction of sp³-hybridized carbons (Fsp3) is 0.481. The van der Waals surface area contributed by atoms with Gasteiger partial charge in [-0.15, -0.1) is 0 Å². The molecule has 0 atom stereocenters. The van der Waals surface area contributed by atoms with Crippen LogP contribution in [0.15, 0.2) is 42.5 Å². The molecule has 6 heteroatoms. The molecule has 4 rings (SSSR count).